The minimum Gasteiger partial charge on any atom is -0.351 e. The summed E-state index contributed by atoms with van der Waals surface area (Å²) in [5, 5.41) is 6.29. The van der Waals surface area contributed by atoms with Gasteiger partial charge in [-0.1, -0.05) is 98.6 Å². The lowest BCUT2D eigenvalue weighted by molar-refractivity contribution is -0.167. The highest BCUT2D eigenvalue weighted by atomic mass is 79.9. The van der Waals surface area contributed by atoms with Crippen LogP contribution in [0.25, 0.3) is 10.9 Å². The van der Waals surface area contributed by atoms with Gasteiger partial charge in [-0.2, -0.15) is 26.3 Å². The van der Waals surface area contributed by atoms with Gasteiger partial charge in [-0.05, 0) is 118 Å². The fourth-order valence-electron chi connectivity index (χ4n) is 6.00. The summed E-state index contributed by atoms with van der Waals surface area (Å²) >= 11 is 18.6. The lowest BCUT2D eigenvalue weighted by atomic mass is 10.2. The summed E-state index contributed by atoms with van der Waals surface area (Å²) in [4.78, 5) is 16.5. The monoisotopic (exact) mass is 1050 g/mol. The van der Waals surface area contributed by atoms with Gasteiger partial charge in [0.15, 0.2) is 0 Å². The SMILES string of the molecule is Br.CCN(CC)CC.FC(F)(F)c1cc2cc(Br)c(Cl)cc2[nH]1.O=C(Nc1cc(Cl)c(Br)cc1C[P+](c1ccccc1)(c1ccccc1)c1ccccc1)C(F)(F)F. The molecule has 58 heavy (non-hydrogen) atoms. The zero-order valence-electron chi connectivity index (χ0n) is 31.4. The second-order valence-electron chi connectivity index (χ2n) is 12.5. The molecule has 16 heteroatoms. The number of nitrogens with one attached hydrogen (secondary N) is 2. The van der Waals surface area contributed by atoms with Crippen molar-refractivity contribution >= 4 is 118 Å². The number of carbonyl (C=O) groups excluding carboxylic acids is 1. The van der Waals surface area contributed by atoms with Crippen LogP contribution in [0.2, 0.25) is 10.0 Å². The predicted octanol–water partition coefficient (Wildman–Crippen LogP) is 13.6. The van der Waals surface area contributed by atoms with Gasteiger partial charge in [0.25, 0.3) is 0 Å². The molecule has 0 aliphatic rings. The molecule has 0 unspecified atom stereocenters. The van der Waals surface area contributed by atoms with Gasteiger partial charge in [0.05, 0.1) is 10.0 Å². The van der Waals surface area contributed by atoms with Crippen LogP contribution in [0.5, 0.6) is 0 Å². The van der Waals surface area contributed by atoms with Crippen molar-refractivity contribution < 1.29 is 31.1 Å². The quantitative estimate of drug-likeness (QED) is 0.112. The van der Waals surface area contributed by atoms with Gasteiger partial charge in [-0.3, -0.25) is 4.79 Å². The van der Waals surface area contributed by atoms with Crippen molar-refractivity contribution in [2.45, 2.75) is 39.3 Å². The van der Waals surface area contributed by atoms with E-state index in [2.05, 4.69) is 62.5 Å². The summed E-state index contributed by atoms with van der Waals surface area (Å²) < 4.78 is 77.6. The van der Waals surface area contributed by atoms with Gasteiger partial charge >= 0.3 is 18.3 Å². The van der Waals surface area contributed by atoms with E-state index >= 15 is 0 Å². The Bertz CT molecular complexity index is 2080. The molecule has 1 heterocycles. The maximum absolute atomic E-state index is 13.1. The van der Waals surface area contributed by atoms with Crippen LogP contribution in [0.4, 0.5) is 32.0 Å². The summed E-state index contributed by atoms with van der Waals surface area (Å²) in [5.74, 6) is -2.04. The number of aromatic amines is 1. The molecular weight excluding hydrogens is 1020 g/mol. The van der Waals surface area contributed by atoms with Gasteiger partial charge in [-0.25, -0.2) is 0 Å². The first-order valence-electron chi connectivity index (χ1n) is 17.6. The third-order valence-electron chi connectivity index (χ3n) is 8.96. The molecule has 0 radical (unpaired) electrons. The number of halogens is 11. The van der Waals surface area contributed by atoms with E-state index in [1.807, 2.05) is 96.3 Å². The normalized spacial score (nSPS) is 11.6. The van der Waals surface area contributed by atoms with Crippen molar-refractivity contribution in [1.82, 2.24) is 9.88 Å². The third kappa shape index (κ3) is 12.8. The molecule has 0 saturated heterocycles. The van der Waals surface area contributed by atoms with Crippen LogP contribution in [0, 0.1) is 0 Å². The number of fused-ring (bicyclic) bond motifs is 1. The Morgan fingerprint density at radius 2 is 1.12 bits per heavy atom. The van der Waals surface area contributed by atoms with Crippen molar-refractivity contribution in [2.75, 3.05) is 25.0 Å². The molecule has 0 bridgehead atoms. The topological polar surface area (TPSA) is 48.1 Å². The summed E-state index contributed by atoms with van der Waals surface area (Å²) in [5.41, 5.74) is 0.179. The molecule has 0 aliphatic carbocycles. The number of hydrogen-bond acceptors (Lipinski definition) is 2. The van der Waals surface area contributed by atoms with E-state index in [9.17, 15) is 31.1 Å². The van der Waals surface area contributed by atoms with E-state index in [0.717, 1.165) is 22.0 Å². The van der Waals surface area contributed by atoms with Crippen molar-refractivity contribution in [3.8, 4) is 0 Å². The molecular formula is C42H40Br3Cl2F6N3OP+. The largest absolute Gasteiger partial charge is 0.471 e. The number of nitrogens with zero attached hydrogens (tertiary/aromatic N) is 1. The number of rotatable bonds is 9. The van der Waals surface area contributed by atoms with Crippen molar-refractivity contribution in [3.05, 3.63) is 152 Å². The molecule has 1 aromatic heterocycles. The molecule has 6 aromatic rings. The van der Waals surface area contributed by atoms with Crippen molar-refractivity contribution in [1.29, 1.82) is 0 Å². The van der Waals surface area contributed by atoms with Gasteiger partial charge in [-0.15, -0.1) is 17.0 Å². The van der Waals surface area contributed by atoms with Gasteiger partial charge < -0.3 is 15.2 Å². The van der Waals surface area contributed by atoms with Gasteiger partial charge in [0, 0.05) is 31.1 Å². The summed E-state index contributed by atoms with van der Waals surface area (Å²) in [6.45, 7) is 10.1. The molecule has 1 amide bonds. The van der Waals surface area contributed by atoms with Crippen LogP contribution in [-0.4, -0.2) is 41.6 Å². The first kappa shape index (κ1) is 49.5. The van der Waals surface area contributed by atoms with Crippen LogP contribution in [0.15, 0.2) is 130 Å². The third-order valence-corrected chi connectivity index (χ3v) is 15.7. The second-order valence-corrected chi connectivity index (χ2v) is 18.5. The van der Waals surface area contributed by atoms with Crippen LogP contribution in [0.1, 0.15) is 32.0 Å². The lowest BCUT2D eigenvalue weighted by Gasteiger charge is -2.29. The average Bonchev–Trinajstić information content (AvgIpc) is 3.61. The number of H-pyrrole nitrogens is 1. The Morgan fingerprint density at radius 3 is 1.52 bits per heavy atom. The smallest absolute Gasteiger partial charge is 0.351 e. The number of aromatic nitrogens is 1. The van der Waals surface area contributed by atoms with Crippen LogP contribution < -0.4 is 21.2 Å². The number of hydrogen-bond donors (Lipinski definition) is 2. The van der Waals surface area contributed by atoms with E-state index in [0.29, 0.717) is 36.6 Å². The highest BCUT2D eigenvalue weighted by molar-refractivity contribution is 9.10. The second kappa shape index (κ2) is 22.1. The molecule has 0 fully saturated rings. The standard InChI is InChI=1S/C27H19BrClF3NOP.C9H4BrClF3N.C6H15N.BrH/c28-23-16-19(25(17-24(23)29)33-26(34)27(30,31)32)18-35(20-10-4-1-5-11-20,21-12-6-2-7-13-21)22-14-8-3-9-15-22;10-5-1-4-2-8(9(12,13)14)15-7(4)3-6(5)11;1-4-7(5-2)6-3;/h1-17H,18H2;1-3,15H;4-6H2,1-3H3;1H/p+1. The van der Waals surface area contributed by atoms with E-state index in [1.165, 1.54) is 31.8 Å². The van der Waals surface area contributed by atoms with Gasteiger partial charge in [0.2, 0.25) is 0 Å². The number of amides is 1. The Hall–Kier alpha value is -2.90. The van der Waals surface area contributed by atoms with Crippen LogP contribution in [0.3, 0.4) is 0 Å². The Morgan fingerprint density at radius 1 is 0.690 bits per heavy atom. The molecule has 2 N–H and O–H groups in total. The molecule has 6 rings (SSSR count). The van der Waals surface area contributed by atoms with E-state index in [4.69, 9.17) is 23.2 Å². The first-order chi connectivity index (χ1) is 26.9. The van der Waals surface area contributed by atoms with Gasteiger partial charge in [0.1, 0.15) is 35.0 Å². The predicted molar refractivity (Wildman–Crippen MR) is 242 cm³/mol. The highest BCUT2D eigenvalue weighted by Crippen LogP contribution is 2.59. The maximum atomic E-state index is 13.1. The number of carbonyl (C=O) groups is 1. The average molecular weight is 1060 g/mol. The van der Waals surface area contributed by atoms with E-state index in [1.54, 1.807) is 12.1 Å². The first-order valence-corrected chi connectivity index (χ1v) is 21.9. The number of benzene rings is 5. The molecule has 4 nitrogen and oxygen atoms in total. The Balaban J connectivity index is 0.000000321. The lowest BCUT2D eigenvalue weighted by Crippen LogP contribution is -2.33. The van der Waals surface area contributed by atoms with Crippen LogP contribution in [-0.2, 0) is 17.1 Å². The summed E-state index contributed by atoms with van der Waals surface area (Å²) in [6, 6.07) is 36.9. The minimum absolute atomic E-state index is 0. The highest BCUT2D eigenvalue weighted by Gasteiger charge is 2.46. The molecule has 0 atom stereocenters. The maximum Gasteiger partial charge on any atom is 0.471 e. The van der Waals surface area contributed by atoms with Crippen molar-refractivity contribution in [2.24, 2.45) is 0 Å². The van der Waals surface area contributed by atoms with E-state index in [-0.39, 0.29) is 27.7 Å². The molecule has 310 valence electrons. The zero-order valence-corrected chi connectivity index (χ0v) is 38.7. The molecule has 5 aromatic carbocycles. The molecule has 0 saturated carbocycles. The number of anilines is 1. The summed E-state index contributed by atoms with van der Waals surface area (Å²) in [6.07, 6.45) is -9.02. The molecule has 0 aliphatic heterocycles. The minimum atomic E-state index is -5.03. The Labute approximate surface area is 372 Å². The fourth-order valence-corrected chi connectivity index (χ4v) is 11.3. The number of alkyl halides is 6. The zero-order chi connectivity index (χ0) is 42.0. The molecule has 0 spiro atoms. The van der Waals surface area contributed by atoms with E-state index < -0.39 is 31.2 Å². The van der Waals surface area contributed by atoms with Crippen LogP contribution >= 0.6 is 79.3 Å². The Kier molecular flexibility index (Phi) is 18.8. The summed E-state index contributed by atoms with van der Waals surface area (Å²) in [7, 11) is -2.42. The van der Waals surface area contributed by atoms with Crippen molar-refractivity contribution in [3.63, 3.8) is 0 Å². The fraction of sp³-hybridized carbons (Fsp3) is 0.214.